The molecular weight excluding hydrogens is 262 g/mol. The number of hydrazine groups is 1. The van der Waals surface area contributed by atoms with Crippen LogP contribution in [0.4, 0.5) is 5.82 Å². The van der Waals surface area contributed by atoms with Gasteiger partial charge in [-0.2, -0.15) is 0 Å². The molecule has 2 rings (SSSR count). The number of rotatable bonds is 6. The second-order valence-corrected chi connectivity index (χ2v) is 4.26. The lowest BCUT2D eigenvalue weighted by molar-refractivity contribution is -0.526. The van der Waals surface area contributed by atoms with Gasteiger partial charge in [0, 0.05) is 32.4 Å². The van der Waals surface area contributed by atoms with E-state index in [4.69, 9.17) is 5.73 Å². The van der Waals surface area contributed by atoms with E-state index in [2.05, 4.69) is 20.7 Å². The van der Waals surface area contributed by atoms with E-state index < -0.39 is 5.03 Å². The smallest absolute Gasteiger partial charge is 0.257 e. The SMILES string of the molecule is NCCNc1ccc(CN2CCN=C2N[N+](=O)[O-])cn1. The van der Waals surface area contributed by atoms with Crippen LogP contribution in [0.5, 0.6) is 0 Å². The van der Waals surface area contributed by atoms with Gasteiger partial charge in [-0.1, -0.05) is 11.5 Å². The summed E-state index contributed by atoms with van der Waals surface area (Å²) in [4.78, 5) is 20.6. The van der Waals surface area contributed by atoms with Gasteiger partial charge in [-0.25, -0.2) is 20.1 Å². The molecule has 0 amide bonds. The second-order valence-electron chi connectivity index (χ2n) is 4.26. The molecule has 1 aliphatic rings. The second kappa shape index (κ2) is 6.66. The largest absolute Gasteiger partial charge is 0.369 e. The third-order valence-electron chi connectivity index (χ3n) is 2.77. The Balaban J connectivity index is 1.92. The fourth-order valence-corrected chi connectivity index (χ4v) is 1.87. The van der Waals surface area contributed by atoms with Crippen LogP contribution in [0.2, 0.25) is 0 Å². The summed E-state index contributed by atoms with van der Waals surface area (Å²) < 4.78 is 0. The maximum absolute atomic E-state index is 10.5. The highest BCUT2D eigenvalue weighted by Gasteiger charge is 2.20. The highest BCUT2D eigenvalue weighted by molar-refractivity contribution is 5.80. The van der Waals surface area contributed by atoms with Gasteiger partial charge in [-0.05, 0) is 11.6 Å². The molecule has 0 radical (unpaired) electrons. The fourth-order valence-electron chi connectivity index (χ4n) is 1.87. The number of aromatic nitrogens is 1. The van der Waals surface area contributed by atoms with Crippen LogP contribution in [0.3, 0.4) is 0 Å². The van der Waals surface area contributed by atoms with Gasteiger partial charge < -0.3 is 16.0 Å². The van der Waals surface area contributed by atoms with Crippen molar-refractivity contribution in [3.63, 3.8) is 0 Å². The van der Waals surface area contributed by atoms with Crippen LogP contribution in [0.25, 0.3) is 0 Å². The van der Waals surface area contributed by atoms with E-state index in [1.807, 2.05) is 17.0 Å². The number of nitro groups is 1. The van der Waals surface area contributed by atoms with Gasteiger partial charge in [-0.3, -0.25) is 0 Å². The lowest BCUT2D eigenvalue weighted by Crippen LogP contribution is -2.40. The lowest BCUT2D eigenvalue weighted by atomic mass is 10.2. The van der Waals surface area contributed by atoms with E-state index in [9.17, 15) is 10.1 Å². The number of aliphatic imine (C=N–C) groups is 1. The molecule has 0 spiro atoms. The van der Waals surface area contributed by atoms with Crippen molar-refractivity contribution >= 4 is 11.8 Å². The first-order valence-electron chi connectivity index (χ1n) is 6.28. The molecule has 108 valence electrons. The van der Waals surface area contributed by atoms with Crippen LogP contribution in [0, 0.1) is 10.1 Å². The fraction of sp³-hybridized carbons (Fsp3) is 0.455. The summed E-state index contributed by atoms with van der Waals surface area (Å²) in [6, 6.07) is 3.78. The first-order valence-corrected chi connectivity index (χ1v) is 6.28. The molecule has 4 N–H and O–H groups in total. The number of nitrogens with one attached hydrogen (secondary N) is 2. The van der Waals surface area contributed by atoms with Crippen molar-refractivity contribution in [2.24, 2.45) is 10.7 Å². The average Bonchev–Trinajstić information content (AvgIpc) is 2.84. The summed E-state index contributed by atoms with van der Waals surface area (Å²) in [5, 5.41) is 12.9. The first-order chi connectivity index (χ1) is 9.69. The molecule has 0 aromatic carbocycles. The van der Waals surface area contributed by atoms with E-state index in [1.54, 1.807) is 6.20 Å². The zero-order valence-corrected chi connectivity index (χ0v) is 11.0. The van der Waals surface area contributed by atoms with Crippen molar-refractivity contribution in [1.82, 2.24) is 15.3 Å². The molecule has 1 aromatic heterocycles. The molecule has 1 aliphatic heterocycles. The van der Waals surface area contributed by atoms with Crippen molar-refractivity contribution in [3.05, 3.63) is 34.0 Å². The Morgan fingerprint density at radius 1 is 1.50 bits per heavy atom. The molecule has 1 aromatic rings. The molecule has 20 heavy (non-hydrogen) atoms. The molecule has 2 heterocycles. The zero-order chi connectivity index (χ0) is 14.4. The number of nitrogens with two attached hydrogens (primary N) is 1. The van der Waals surface area contributed by atoms with Crippen molar-refractivity contribution in [2.45, 2.75) is 6.54 Å². The molecule has 0 bridgehead atoms. The molecule has 0 saturated carbocycles. The molecule has 9 nitrogen and oxygen atoms in total. The predicted octanol–water partition coefficient (Wildman–Crippen LogP) is -0.595. The Hall–Kier alpha value is -2.42. The summed E-state index contributed by atoms with van der Waals surface area (Å²) in [7, 11) is 0. The Bertz CT molecular complexity index is 488. The molecule has 9 heteroatoms. The number of anilines is 1. The summed E-state index contributed by atoms with van der Waals surface area (Å²) in [5.74, 6) is 1.05. The minimum Gasteiger partial charge on any atom is -0.369 e. The monoisotopic (exact) mass is 279 g/mol. The average molecular weight is 279 g/mol. The molecule has 0 aliphatic carbocycles. The van der Waals surface area contributed by atoms with Gasteiger partial charge in [0.25, 0.3) is 5.96 Å². The Labute approximate surface area is 116 Å². The van der Waals surface area contributed by atoms with Crippen LogP contribution >= 0.6 is 0 Å². The maximum Gasteiger partial charge on any atom is 0.257 e. The van der Waals surface area contributed by atoms with Gasteiger partial charge in [0.05, 0.1) is 6.54 Å². The van der Waals surface area contributed by atoms with E-state index >= 15 is 0 Å². The minimum atomic E-state index is -0.602. The normalized spacial score (nSPS) is 14.1. The van der Waals surface area contributed by atoms with Gasteiger partial charge in [-0.15, -0.1) is 0 Å². The van der Waals surface area contributed by atoms with Gasteiger partial charge in [0.1, 0.15) is 5.82 Å². The zero-order valence-electron chi connectivity index (χ0n) is 11.0. The van der Waals surface area contributed by atoms with Crippen LogP contribution in [-0.4, -0.2) is 47.1 Å². The first kappa shape index (κ1) is 14.0. The molecule has 0 fully saturated rings. The van der Waals surface area contributed by atoms with Crippen molar-refractivity contribution in [1.29, 1.82) is 0 Å². The van der Waals surface area contributed by atoms with E-state index in [-0.39, 0.29) is 0 Å². The third kappa shape index (κ3) is 3.79. The molecule has 0 atom stereocenters. The van der Waals surface area contributed by atoms with Gasteiger partial charge in [0.2, 0.25) is 0 Å². The number of hydrogen-bond acceptors (Lipinski definition) is 7. The standard InChI is InChI=1S/C11H17N7O2/c12-3-4-13-10-2-1-9(7-15-10)8-17-6-5-14-11(17)16-18(19)20/h1-2,7H,3-6,8,12H2,(H,13,15)(H,14,16). The van der Waals surface area contributed by atoms with E-state index in [0.29, 0.717) is 38.7 Å². The van der Waals surface area contributed by atoms with Crippen molar-refractivity contribution in [2.75, 3.05) is 31.5 Å². The maximum atomic E-state index is 10.5. The van der Waals surface area contributed by atoms with Crippen molar-refractivity contribution < 1.29 is 5.03 Å². The summed E-state index contributed by atoms with van der Waals surface area (Å²) in [6.07, 6.45) is 1.74. The van der Waals surface area contributed by atoms with Crippen LogP contribution in [0.15, 0.2) is 23.3 Å². The van der Waals surface area contributed by atoms with Gasteiger partial charge >= 0.3 is 0 Å². The minimum absolute atomic E-state index is 0.292. The Kier molecular flexibility index (Phi) is 4.66. The Morgan fingerprint density at radius 2 is 2.35 bits per heavy atom. The van der Waals surface area contributed by atoms with E-state index in [0.717, 1.165) is 11.4 Å². The number of pyridine rings is 1. The molecule has 0 unspecified atom stereocenters. The van der Waals surface area contributed by atoms with Crippen LogP contribution < -0.4 is 16.5 Å². The quantitative estimate of drug-likeness (QED) is 0.469. The Morgan fingerprint density at radius 3 is 3.00 bits per heavy atom. The van der Waals surface area contributed by atoms with E-state index in [1.165, 1.54) is 0 Å². The number of hydrogen-bond donors (Lipinski definition) is 3. The summed E-state index contributed by atoms with van der Waals surface area (Å²) in [6.45, 7) is 2.96. The summed E-state index contributed by atoms with van der Waals surface area (Å²) in [5.41, 5.74) is 8.46. The molecular formula is C11H17N7O2. The highest BCUT2D eigenvalue weighted by atomic mass is 16.7. The number of nitrogens with zero attached hydrogens (tertiary/aromatic N) is 4. The van der Waals surface area contributed by atoms with Crippen LogP contribution in [0.1, 0.15) is 5.56 Å². The third-order valence-corrected chi connectivity index (χ3v) is 2.77. The van der Waals surface area contributed by atoms with Gasteiger partial charge in [0.15, 0.2) is 5.03 Å². The topological polar surface area (TPSA) is 122 Å². The predicted molar refractivity (Wildman–Crippen MR) is 74.6 cm³/mol. The summed E-state index contributed by atoms with van der Waals surface area (Å²) >= 11 is 0. The molecule has 0 saturated heterocycles. The van der Waals surface area contributed by atoms with Crippen LogP contribution in [-0.2, 0) is 6.54 Å². The van der Waals surface area contributed by atoms with Crippen molar-refractivity contribution in [3.8, 4) is 0 Å². The highest BCUT2D eigenvalue weighted by Crippen LogP contribution is 2.10. The number of guanidine groups is 1. The lowest BCUT2D eigenvalue weighted by Gasteiger charge is -2.17.